The summed E-state index contributed by atoms with van der Waals surface area (Å²) < 4.78 is 10.3. The van der Waals surface area contributed by atoms with Gasteiger partial charge in [0.05, 0.1) is 11.1 Å². The number of hydrogen-bond donors (Lipinski definition) is 2. The smallest absolute Gasteiger partial charge is 0.508 e. The molecule has 0 saturated carbocycles. The van der Waals surface area contributed by atoms with Crippen molar-refractivity contribution in [1.29, 1.82) is 0 Å². The molecule has 3 aromatic rings. The van der Waals surface area contributed by atoms with Crippen LogP contribution in [0.3, 0.4) is 0 Å². The van der Waals surface area contributed by atoms with E-state index < -0.39 is 11.9 Å². The zero-order valence-electron chi connectivity index (χ0n) is 14.4. The third-order valence-corrected chi connectivity index (χ3v) is 3.37. The van der Waals surface area contributed by atoms with Gasteiger partial charge in [0.25, 0.3) is 0 Å². The van der Waals surface area contributed by atoms with Crippen molar-refractivity contribution in [3.8, 4) is 23.0 Å². The molecule has 0 aliphatic rings. The third kappa shape index (κ3) is 6.00. The summed E-state index contributed by atoms with van der Waals surface area (Å²) in [5, 5.41) is 18.4. The van der Waals surface area contributed by atoms with Crippen molar-refractivity contribution in [3.05, 3.63) is 83.9 Å². The average Bonchev–Trinajstić information content (AvgIpc) is 2.64. The summed E-state index contributed by atoms with van der Waals surface area (Å²) in [6.07, 6.45) is 0. The Hall–Kier alpha value is -1.99. The zero-order chi connectivity index (χ0) is 18.5. The second-order valence-electron chi connectivity index (χ2n) is 5.26. The SMILES string of the molecule is O=C(Oc1[c-]cc(OC(=O)c2ccc(O)cc2)cc1)c1ccc(O)cc1.[Rb+]. The molecule has 3 rings (SSSR count). The van der Waals surface area contributed by atoms with Crippen LogP contribution in [-0.4, -0.2) is 22.2 Å². The predicted octanol–water partition coefficient (Wildman–Crippen LogP) is 0.340. The maximum Gasteiger partial charge on any atom is 1.00 e. The Kier molecular flexibility index (Phi) is 7.73. The molecule has 130 valence electrons. The van der Waals surface area contributed by atoms with E-state index in [0.717, 1.165) is 0 Å². The minimum atomic E-state index is -0.602. The standard InChI is InChI=1S/C20H13O6.Rb/c21-15-5-1-13(2-6-15)19(23)25-17-9-11-18(12-10-17)26-20(24)14-3-7-16(22)8-4-14;/h1-11,21-22H;/q-1;+1. The van der Waals surface area contributed by atoms with Gasteiger partial charge in [0, 0.05) is 11.5 Å². The van der Waals surface area contributed by atoms with E-state index in [0.29, 0.717) is 0 Å². The number of carbonyl (C=O) groups is 2. The molecule has 0 heterocycles. The maximum atomic E-state index is 12.0. The van der Waals surface area contributed by atoms with Gasteiger partial charge in [-0.15, -0.1) is 24.3 Å². The molecule has 0 aliphatic heterocycles. The van der Waals surface area contributed by atoms with Crippen molar-refractivity contribution in [3.63, 3.8) is 0 Å². The molecule has 0 bridgehead atoms. The molecule has 0 amide bonds. The van der Waals surface area contributed by atoms with Crippen LogP contribution in [0.25, 0.3) is 0 Å². The van der Waals surface area contributed by atoms with Crippen LogP contribution in [0.4, 0.5) is 0 Å². The van der Waals surface area contributed by atoms with E-state index in [9.17, 15) is 19.8 Å². The van der Waals surface area contributed by atoms with E-state index in [2.05, 4.69) is 6.07 Å². The Balaban J connectivity index is 0.00000261. The van der Waals surface area contributed by atoms with Gasteiger partial charge in [0.15, 0.2) is 0 Å². The minimum Gasteiger partial charge on any atom is -0.508 e. The maximum absolute atomic E-state index is 12.0. The van der Waals surface area contributed by atoms with Crippen LogP contribution >= 0.6 is 0 Å². The summed E-state index contributed by atoms with van der Waals surface area (Å²) in [6, 6.07) is 18.3. The van der Waals surface area contributed by atoms with Gasteiger partial charge in [-0.25, -0.2) is 9.59 Å². The largest absolute Gasteiger partial charge is 1.00 e. The summed E-state index contributed by atoms with van der Waals surface area (Å²) in [6.45, 7) is 0. The van der Waals surface area contributed by atoms with E-state index in [-0.39, 0.29) is 92.3 Å². The van der Waals surface area contributed by atoms with E-state index in [1.54, 1.807) is 0 Å². The van der Waals surface area contributed by atoms with E-state index in [4.69, 9.17) is 9.47 Å². The van der Waals surface area contributed by atoms with Crippen LogP contribution in [0, 0.1) is 6.07 Å². The Morgan fingerprint density at radius 1 is 0.704 bits per heavy atom. The average molecular weight is 435 g/mol. The molecule has 0 unspecified atom stereocenters. The van der Waals surface area contributed by atoms with Gasteiger partial charge in [0.1, 0.15) is 11.5 Å². The molecular formula is C20H13O6Rb. The van der Waals surface area contributed by atoms with Crippen LogP contribution in [0.15, 0.2) is 66.7 Å². The quantitative estimate of drug-likeness (QED) is 0.349. The summed E-state index contributed by atoms with van der Waals surface area (Å²) in [4.78, 5) is 23.9. The number of phenolic OH excluding ortho intramolecular Hbond substituents is 2. The third-order valence-electron chi connectivity index (χ3n) is 3.37. The first kappa shape index (κ1) is 21.3. The Morgan fingerprint density at radius 3 is 1.63 bits per heavy atom. The molecule has 0 saturated heterocycles. The predicted molar refractivity (Wildman–Crippen MR) is 91.4 cm³/mol. The molecule has 0 fully saturated rings. The van der Waals surface area contributed by atoms with Crippen LogP contribution in [0.5, 0.6) is 23.0 Å². The monoisotopic (exact) mass is 434 g/mol. The molecule has 0 aliphatic carbocycles. The molecule has 7 heteroatoms. The number of benzene rings is 3. The van der Waals surface area contributed by atoms with Crippen molar-refractivity contribution >= 4 is 11.9 Å². The summed E-state index contributed by atoms with van der Waals surface area (Å²) in [7, 11) is 0. The fraction of sp³-hybridized carbons (Fsp3) is 0. The topological polar surface area (TPSA) is 93.1 Å². The van der Waals surface area contributed by atoms with E-state index in [1.165, 1.54) is 66.7 Å². The number of esters is 2. The molecule has 2 N–H and O–H groups in total. The molecular weight excluding hydrogens is 422 g/mol. The molecule has 0 atom stereocenters. The van der Waals surface area contributed by atoms with Gasteiger partial charge < -0.3 is 19.7 Å². The van der Waals surface area contributed by atoms with E-state index >= 15 is 0 Å². The van der Waals surface area contributed by atoms with Crippen LogP contribution in [-0.2, 0) is 0 Å². The number of ether oxygens (including phenoxy) is 2. The van der Waals surface area contributed by atoms with Crippen molar-refractivity contribution in [2.75, 3.05) is 0 Å². The van der Waals surface area contributed by atoms with Gasteiger partial charge in [0.2, 0.25) is 0 Å². The van der Waals surface area contributed by atoms with Crippen LogP contribution < -0.4 is 67.7 Å². The number of aromatic hydroxyl groups is 2. The Bertz CT molecular complexity index is 840. The van der Waals surface area contributed by atoms with E-state index in [1.807, 2.05) is 0 Å². The van der Waals surface area contributed by atoms with Crippen molar-refractivity contribution < 1.29 is 87.5 Å². The fourth-order valence-electron chi connectivity index (χ4n) is 2.04. The molecule has 27 heavy (non-hydrogen) atoms. The van der Waals surface area contributed by atoms with Gasteiger partial charge in [-0.05, 0) is 48.5 Å². The minimum absolute atomic E-state index is 0. The number of phenols is 2. The second kappa shape index (κ2) is 9.80. The fourth-order valence-corrected chi connectivity index (χ4v) is 2.04. The van der Waals surface area contributed by atoms with Gasteiger partial charge in [-0.2, -0.15) is 0 Å². The first-order valence-corrected chi connectivity index (χ1v) is 7.55. The number of carbonyl (C=O) groups excluding carboxylic acids is 2. The van der Waals surface area contributed by atoms with Crippen molar-refractivity contribution in [1.82, 2.24) is 0 Å². The molecule has 0 spiro atoms. The first-order chi connectivity index (χ1) is 12.5. The molecule has 6 nitrogen and oxygen atoms in total. The first-order valence-electron chi connectivity index (χ1n) is 7.55. The van der Waals surface area contributed by atoms with Crippen molar-refractivity contribution in [2.45, 2.75) is 0 Å². The normalized spacial score (nSPS) is 9.78. The zero-order valence-corrected chi connectivity index (χ0v) is 19.3. The molecule has 0 aromatic heterocycles. The summed E-state index contributed by atoms with van der Waals surface area (Å²) >= 11 is 0. The van der Waals surface area contributed by atoms with Crippen LogP contribution in [0.1, 0.15) is 20.7 Å². The Morgan fingerprint density at radius 2 is 1.19 bits per heavy atom. The summed E-state index contributed by atoms with van der Waals surface area (Å²) in [5.41, 5.74) is 0.560. The van der Waals surface area contributed by atoms with Gasteiger partial charge >= 0.3 is 70.1 Å². The summed E-state index contributed by atoms with van der Waals surface area (Å²) in [5.74, 6) is -0.704. The van der Waals surface area contributed by atoms with Crippen LogP contribution in [0.2, 0.25) is 0 Å². The molecule has 0 radical (unpaired) electrons. The van der Waals surface area contributed by atoms with Crippen molar-refractivity contribution in [2.24, 2.45) is 0 Å². The number of hydrogen-bond acceptors (Lipinski definition) is 6. The number of rotatable bonds is 4. The Labute approximate surface area is 204 Å². The molecule has 3 aromatic carbocycles. The van der Waals surface area contributed by atoms with Gasteiger partial charge in [-0.1, -0.05) is 0 Å². The van der Waals surface area contributed by atoms with Gasteiger partial charge in [-0.3, -0.25) is 0 Å². The second-order valence-corrected chi connectivity index (χ2v) is 5.26.